The normalized spacial score (nSPS) is 12.2. The van der Waals surface area contributed by atoms with Gasteiger partial charge in [-0.1, -0.05) is 19.1 Å². The van der Waals surface area contributed by atoms with E-state index in [2.05, 4.69) is 10.3 Å². The van der Waals surface area contributed by atoms with Crippen molar-refractivity contribution in [3.8, 4) is 5.75 Å². The maximum atomic E-state index is 13.8. The third-order valence-corrected chi connectivity index (χ3v) is 4.47. The Labute approximate surface area is 160 Å². The van der Waals surface area contributed by atoms with Crippen LogP contribution in [-0.4, -0.2) is 33.0 Å². The molecule has 3 aromatic rings. The fourth-order valence-electron chi connectivity index (χ4n) is 2.89. The molecule has 0 saturated carbocycles. The number of rotatable bonds is 7. The van der Waals surface area contributed by atoms with E-state index >= 15 is 0 Å². The Morgan fingerprint density at radius 1 is 1.32 bits per heavy atom. The van der Waals surface area contributed by atoms with Gasteiger partial charge < -0.3 is 15.2 Å². The lowest BCUT2D eigenvalue weighted by atomic mass is 10.2. The summed E-state index contributed by atoms with van der Waals surface area (Å²) in [5.41, 5.74) is 1.28. The quantitative estimate of drug-likeness (QED) is 0.651. The molecule has 148 valence electrons. The maximum Gasteiger partial charge on any atom is 0.270 e. The first kappa shape index (κ1) is 19.8. The van der Waals surface area contributed by atoms with Crippen LogP contribution in [0.2, 0.25) is 0 Å². The average Bonchev–Trinajstić information content (AvgIpc) is 3.03. The molecule has 1 amide bonds. The molecule has 0 unspecified atom stereocenters. The number of imidazole rings is 1. The Balaban J connectivity index is 1.89. The number of carbonyl (C=O) groups is 1. The van der Waals surface area contributed by atoms with Crippen molar-refractivity contribution >= 4 is 11.6 Å². The highest BCUT2D eigenvalue weighted by Gasteiger charge is 2.21. The van der Waals surface area contributed by atoms with Gasteiger partial charge in [-0.25, -0.2) is 13.8 Å². The van der Waals surface area contributed by atoms with Crippen molar-refractivity contribution in [1.29, 1.82) is 0 Å². The number of aryl methyl sites for hydroxylation is 1. The van der Waals surface area contributed by atoms with E-state index < -0.39 is 11.6 Å². The van der Waals surface area contributed by atoms with E-state index in [9.17, 15) is 18.7 Å². The second kappa shape index (κ2) is 8.35. The van der Waals surface area contributed by atoms with Crippen molar-refractivity contribution in [3.05, 3.63) is 65.1 Å². The summed E-state index contributed by atoms with van der Waals surface area (Å²) in [6.45, 7) is 3.21. The minimum absolute atomic E-state index is 0.0805. The molecule has 3 rings (SSSR count). The van der Waals surface area contributed by atoms with Crippen LogP contribution in [0.15, 0.2) is 36.5 Å². The molecule has 0 aliphatic carbocycles. The standard InChI is InChI=1S/C20H21F2N3O3/c1-3-14(10-26)24-20(27)18-12(2)23-19-16(8-5-9-25(18)19)28-11-13-6-4-7-15(21)17(13)22/h4-9,14,26H,3,10-11H2,1-2H3,(H,24,27)/t14-/m1/s1. The molecule has 2 heterocycles. The van der Waals surface area contributed by atoms with Crippen LogP contribution in [0.25, 0.3) is 5.65 Å². The number of halogens is 2. The number of aliphatic hydroxyl groups is 1. The predicted molar refractivity (Wildman–Crippen MR) is 99.3 cm³/mol. The molecule has 1 atom stereocenters. The maximum absolute atomic E-state index is 13.8. The highest BCUT2D eigenvalue weighted by Crippen LogP contribution is 2.24. The van der Waals surface area contributed by atoms with E-state index in [0.717, 1.165) is 6.07 Å². The second-order valence-corrected chi connectivity index (χ2v) is 6.37. The summed E-state index contributed by atoms with van der Waals surface area (Å²) < 4.78 is 34.4. The molecule has 0 bridgehead atoms. The number of hydrogen-bond acceptors (Lipinski definition) is 4. The number of aliphatic hydroxyl groups excluding tert-OH is 1. The van der Waals surface area contributed by atoms with Crippen molar-refractivity contribution in [2.24, 2.45) is 0 Å². The van der Waals surface area contributed by atoms with Crippen molar-refractivity contribution in [3.63, 3.8) is 0 Å². The predicted octanol–water partition coefficient (Wildman–Crippen LogP) is 3.00. The summed E-state index contributed by atoms with van der Waals surface area (Å²) in [5, 5.41) is 12.1. The van der Waals surface area contributed by atoms with E-state index in [4.69, 9.17) is 4.74 Å². The third-order valence-electron chi connectivity index (χ3n) is 4.47. The Kier molecular flexibility index (Phi) is 5.89. The molecule has 0 aliphatic rings. The van der Waals surface area contributed by atoms with Crippen LogP contribution in [0.3, 0.4) is 0 Å². The highest BCUT2D eigenvalue weighted by molar-refractivity contribution is 5.95. The van der Waals surface area contributed by atoms with E-state index in [1.807, 2.05) is 6.92 Å². The minimum atomic E-state index is -0.955. The van der Waals surface area contributed by atoms with Gasteiger partial charge in [-0.05, 0) is 31.5 Å². The first-order chi connectivity index (χ1) is 13.5. The van der Waals surface area contributed by atoms with Gasteiger partial charge in [0.2, 0.25) is 0 Å². The first-order valence-corrected chi connectivity index (χ1v) is 8.91. The molecule has 2 aromatic heterocycles. The number of nitrogens with one attached hydrogen (secondary N) is 1. The number of aromatic nitrogens is 2. The number of pyridine rings is 1. The number of amides is 1. The van der Waals surface area contributed by atoms with Crippen molar-refractivity contribution in [1.82, 2.24) is 14.7 Å². The van der Waals surface area contributed by atoms with Crippen molar-refractivity contribution in [2.45, 2.75) is 32.9 Å². The lowest BCUT2D eigenvalue weighted by Crippen LogP contribution is -2.37. The van der Waals surface area contributed by atoms with Gasteiger partial charge in [-0.2, -0.15) is 0 Å². The molecular weight excluding hydrogens is 368 g/mol. The number of ether oxygens (including phenoxy) is 1. The number of hydrogen-bond donors (Lipinski definition) is 2. The summed E-state index contributed by atoms with van der Waals surface area (Å²) in [4.78, 5) is 17.0. The number of fused-ring (bicyclic) bond motifs is 1. The smallest absolute Gasteiger partial charge is 0.270 e. The second-order valence-electron chi connectivity index (χ2n) is 6.37. The fraction of sp³-hybridized carbons (Fsp3) is 0.300. The van der Waals surface area contributed by atoms with Crippen molar-refractivity contribution < 1.29 is 23.4 Å². The lowest BCUT2D eigenvalue weighted by Gasteiger charge is -2.14. The van der Waals surface area contributed by atoms with Gasteiger partial charge in [0.15, 0.2) is 23.0 Å². The van der Waals surface area contributed by atoms with E-state index in [1.165, 1.54) is 12.1 Å². The molecular formula is C20H21F2N3O3. The van der Waals surface area contributed by atoms with Gasteiger partial charge in [-0.15, -0.1) is 0 Å². The van der Waals surface area contributed by atoms with Crippen molar-refractivity contribution in [2.75, 3.05) is 6.61 Å². The lowest BCUT2D eigenvalue weighted by molar-refractivity contribution is 0.0908. The summed E-state index contributed by atoms with van der Waals surface area (Å²) in [6.07, 6.45) is 2.26. The van der Waals surface area contributed by atoms with Crippen LogP contribution < -0.4 is 10.1 Å². The molecule has 28 heavy (non-hydrogen) atoms. The zero-order valence-corrected chi connectivity index (χ0v) is 15.6. The Morgan fingerprint density at radius 3 is 2.82 bits per heavy atom. The Hall–Kier alpha value is -3.00. The SMILES string of the molecule is CC[C@H](CO)NC(=O)c1c(C)nc2c(OCc3cccc(F)c3F)cccn12. The van der Waals surface area contributed by atoms with Gasteiger partial charge in [0.25, 0.3) is 5.91 Å². The summed E-state index contributed by atoms with van der Waals surface area (Å²) in [5.74, 6) is -1.92. The van der Waals surface area contributed by atoms with Gasteiger partial charge in [0, 0.05) is 11.8 Å². The topological polar surface area (TPSA) is 75.9 Å². The molecule has 1 aromatic carbocycles. The molecule has 8 heteroatoms. The Bertz CT molecular complexity index is 1000. The minimum Gasteiger partial charge on any atom is -0.485 e. The van der Waals surface area contributed by atoms with Crippen LogP contribution in [0.4, 0.5) is 8.78 Å². The number of nitrogens with zero attached hydrogens (tertiary/aromatic N) is 2. The van der Waals surface area contributed by atoms with Crippen LogP contribution >= 0.6 is 0 Å². The molecule has 0 spiro atoms. The van der Waals surface area contributed by atoms with Crippen LogP contribution in [0, 0.1) is 18.6 Å². The molecule has 0 saturated heterocycles. The Morgan fingerprint density at radius 2 is 2.11 bits per heavy atom. The van der Waals surface area contributed by atoms with Gasteiger partial charge in [-0.3, -0.25) is 9.20 Å². The highest BCUT2D eigenvalue weighted by atomic mass is 19.2. The summed E-state index contributed by atoms with van der Waals surface area (Å²) >= 11 is 0. The van der Waals surface area contributed by atoms with E-state index in [1.54, 1.807) is 29.7 Å². The molecule has 6 nitrogen and oxygen atoms in total. The van der Waals surface area contributed by atoms with Gasteiger partial charge in [0.05, 0.1) is 18.3 Å². The fourth-order valence-corrected chi connectivity index (χ4v) is 2.89. The molecule has 0 radical (unpaired) electrons. The number of carbonyl (C=O) groups excluding carboxylic acids is 1. The summed E-state index contributed by atoms with van der Waals surface area (Å²) in [6, 6.07) is 6.85. The molecule has 0 fully saturated rings. The van der Waals surface area contributed by atoms with Gasteiger partial charge in [0.1, 0.15) is 12.3 Å². The zero-order valence-electron chi connectivity index (χ0n) is 15.6. The van der Waals surface area contributed by atoms with E-state index in [0.29, 0.717) is 29.2 Å². The molecule has 2 N–H and O–H groups in total. The van der Waals surface area contributed by atoms with Crippen LogP contribution in [0.1, 0.15) is 35.1 Å². The average molecular weight is 389 g/mol. The first-order valence-electron chi connectivity index (χ1n) is 8.91. The number of benzene rings is 1. The monoisotopic (exact) mass is 389 g/mol. The van der Waals surface area contributed by atoms with Crippen LogP contribution in [-0.2, 0) is 6.61 Å². The van der Waals surface area contributed by atoms with Crippen LogP contribution in [0.5, 0.6) is 5.75 Å². The summed E-state index contributed by atoms with van der Waals surface area (Å²) in [7, 11) is 0. The van der Waals surface area contributed by atoms with E-state index in [-0.39, 0.29) is 30.7 Å². The van der Waals surface area contributed by atoms with Gasteiger partial charge >= 0.3 is 0 Å². The molecule has 0 aliphatic heterocycles. The zero-order chi connectivity index (χ0) is 20.3. The largest absolute Gasteiger partial charge is 0.485 e. The third kappa shape index (κ3) is 3.82.